The molecular weight excluding hydrogens is 465 g/mol. The molecule has 2 amide bonds. The normalized spacial score (nSPS) is 15.2. The van der Waals surface area contributed by atoms with Crippen molar-refractivity contribution in [3.63, 3.8) is 0 Å². The third kappa shape index (κ3) is 6.04. The number of likely N-dealkylation sites (tertiary alicyclic amines) is 1. The first-order valence-electron chi connectivity index (χ1n) is 9.61. The van der Waals surface area contributed by atoms with Crippen molar-refractivity contribution in [1.82, 2.24) is 10.2 Å². The molecular formula is C22H26IN3O2. The second-order valence-electron chi connectivity index (χ2n) is 7.27. The van der Waals surface area contributed by atoms with Crippen LogP contribution < -0.4 is 10.6 Å². The van der Waals surface area contributed by atoms with Gasteiger partial charge in [-0.1, -0.05) is 36.4 Å². The van der Waals surface area contributed by atoms with E-state index in [2.05, 4.69) is 38.1 Å². The molecule has 3 rings (SSSR count). The van der Waals surface area contributed by atoms with Crippen LogP contribution in [0.4, 0.5) is 5.69 Å². The molecule has 0 unspecified atom stereocenters. The molecule has 0 spiro atoms. The van der Waals surface area contributed by atoms with E-state index in [-0.39, 0.29) is 17.7 Å². The van der Waals surface area contributed by atoms with Gasteiger partial charge < -0.3 is 10.6 Å². The number of nitrogens with zero attached hydrogens (tertiary/aromatic N) is 1. The topological polar surface area (TPSA) is 61.4 Å². The molecule has 1 aliphatic heterocycles. The zero-order chi connectivity index (χ0) is 19.9. The van der Waals surface area contributed by atoms with Gasteiger partial charge in [-0.3, -0.25) is 14.5 Å². The number of amides is 2. The van der Waals surface area contributed by atoms with Crippen molar-refractivity contribution in [2.45, 2.75) is 26.3 Å². The highest BCUT2D eigenvalue weighted by Gasteiger charge is 2.25. The molecule has 0 aromatic heterocycles. The first-order chi connectivity index (χ1) is 13.5. The van der Waals surface area contributed by atoms with Crippen LogP contribution in [0.15, 0.2) is 48.5 Å². The molecule has 1 heterocycles. The van der Waals surface area contributed by atoms with Crippen molar-refractivity contribution in [2.24, 2.45) is 5.92 Å². The van der Waals surface area contributed by atoms with Crippen LogP contribution in [0.1, 0.15) is 24.0 Å². The van der Waals surface area contributed by atoms with Crippen LogP contribution in [0.2, 0.25) is 0 Å². The number of anilines is 1. The molecule has 2 aromatic carbocycles. The Kier molecular flexibility index (Phi) is 7.44. The van der Waals surface area contributed by atoms with Crippen LogP contribution in [0.5, 0.6) is 0 Å². The lowest BCUT2D eigenvalue weighted by Crippen LogP contribution is -2.43. The average molecular weight is 491 g/mol. The Balaban J connectivity index is 1.40. The van der Waals surface area contributed by atoms with Gasteiger partial charge in [-0.2, -0.15) is 0 Å². The molecule has 1 saturated heterocycles. The molecule has 0 saturated carbocycles. The van der Waals surface area contributed by atoms with E-state index in [4.69, 9.17) is 0 Å². The summed E-state index contributed by atoms with van der Waals surface area (Å²) in [6.07, 6.45) is 1.58. The third-order valence-corrected chi connectivity index (χ3v) is 6.25. The predicted molar refractivity (Wildman–Crippen MR) is 120 cm³/mol. The largest absolute Gasteiger partial charge is 0.352 e. The van der Waals surface area contributed by atoms with Crippen molar-refractivity contribution < 1.29 is 9.59 Å². The molecule has 2 N–H and O–H groups in total. The maximum atomic E-state index is 12.4. The minimum absolute atomic E-state index is 0.00775. The van der Waals surface area contributed by atoms with E-state index in [1.807, 2.05) is 55.5 Å². The quantitative estimate of drug-likeness (QED) is 0.608. The summed E-state index contributed by atoms with van der Waals surface area (Å²) in [7, 11) is 0. The number of hydrogen-bond acceptors (Lipinski definition) is 3. The van der Waals surface area contributed by atoms with E-state index < -0.39 is 0 Å². The number of benzene rings is 2. The summed E-state index contributed by atoms with van der Waals surface area (Å²) in [6, 6.07) is 15.9. The summed E-state index contributed by atoms with van der Waals surface area (Å²) in [4.78, 5) is 26.8. The average Bonchev–Trinajstić information content (AvgIpc) is 2.70. The van der Waals surface area contributed by atoms with Crippen molar-refractivity contribution in [3.8, 4) is 0 Å². The number of piperidine rings is 1. The van der Waals surface area contributed by atoms with Gasteiger partial charge in [0.1, 0.15) is 0 Å². The Hall–Kier alpha value is -1.93. The molecule has 0 radical (unpaired) electrons. The first-order valence-corrected chi connectivity index (χ1v) is 10.7. The molecule has 2 aromatic rings. The second-order valence-corrected chi connectivity index (χ2v) is 8.43. The lowest BCUT2D eigenvalue weighted by molar-refractivity contribution is -0.126. The molecule has 0 aliphatic carbocycles. The monoisotopic (exact) mass is 491 g/mol. The Labute approximate surface area is 180 Å². The standard InChI is InChI=1S/C22H26IN3O2/c1-16-7-8-19(13-20(16)23)25-21(27)15-26-11-9-18(10-12-26)22(28)24-14-17-5-3-2-4-6-17/h2-8,13,18H,9-12,14-15H2,1H3,(H,24,28)(H,25,27). The number of nitrogens with one attached hydrogen (secondary N) is 2. The fourth-order valence-corrected chi connectivity index (χ4v) is 3.87. The fraction of sp³-hybridized carbons (Fsp3) is 0.364. The van der Waals surface area contributed by atoms with Gasteiger partial charge in [0.15, 0.2) is 0 Å². The van der Waals surface area contributed by atoms with Crippen LogP contribution in [0.3, 0.4) is 0 Å². The smallest absolute Gasteiger partial charge is 0.238 e. The van der Waals surface area contributed by atoms with Gasteiger partial charge in [0, 0.05) is 21.7 Å². The molecule has 5 nitrogen and oxygen atoms in total. The van der Waals surface area contributed by atoms with Gasteiger partial charge in [-0.05, 0) is 78.7 Å². The number of hydrogen-bond donors (Lipinski definition) is 2. The fourth-order valence-electron chi connectivity index (χ4n) is 3.36. The van der Waals surface area contributed by atoms with E-state index in [1.54, 1.807) is 0 Å². The maximum Gasteiger partial charge on any atom is 0.238 e. The molecule has 1 aliphatic rings. The highest BCUT2D eigenvalue weighted by molar-refractivity contribution is 14.1. The van der Waals surface area contributed by atoms with Crippen LogP contribution in [0, 0.1) is 16.4 Å². The lowest BCUT2D eigenvalue weighted by Gasteiger charge is -2.30. The number of aryl methyl sites for hydroxylation is 1. The van der Waals surface area contributed by atoms with Gasteiger partial charge >= 0.3 is 0 Å². The maximum absolute atomic E-state index is 12.4. The number of carbonyl (C=O) groups is 2. The minimum Gasteiger partial charge on any atom is -0.352 e. The molecule has 6 heteroatoms. The summed E-state index contributed by atoms with van der Waals surface area (Å²) >= 11 is 2.27. The summed E-state index contributed by atoms with van der Waals surface area (Å²) in [6.45, 7) is 4.51. The molecule has 0 atom stereocenters. The molecule has 148 valence electrons. The van der Waals surface area contributed by atoms with Gasteiger partial charge in [-0.15, -0.1) is 0 Å². The number of carbonyl (C=O) groups excluding carboxylic acids is 2. The Morgan fingerprint density at radius 3 is 2.50 bits per heavy atom. The van der Waals surface area contributed by atoms with Gasteiger partial charge in [0.25, 0.3) is 0 Å². The summed E-state index contributed by atoms with van der Waals surface area (Å²) in [5.74, 6) is 0.135. The van der Waals surface area contributed by atoms with E-state index >= 15 is 0 Å². The lowest BCUT2D eigenvalue weighted by atomic mass is 9.96. The third-order valence-electron chi connectivity index (χ3n) is 5.09. The Morgan fingerprint density at radius 1 is 1.11 bits per heavy atom. The second kappa shape index (κ2) is 10.0. The summed E-state index contributed by atoms with van der Waals surface area (Å²) in [5.41, 5.74) is 3.14. The van der Waals surface area contributed by atoms with Crippen molar-refractivity contribution in [1.29, 1.82) is 0 Å². The van der Waals surface area contributed by atoms with Crippen molar-refractivity contribution in [2.75, 3.05) is 25.0 Å². The Morgan fingerprint density at radius 2 is 1.82 bits per heavy atom. The number of rotatable bonds is 6. The SMILES string of the molecule is Cc1ccc(NC(=O)CN2CCC(C(=O)NCc3ccccc3)CC2)cc1I. The van der Waals surface area contributed by atoms with Crippen LogP contribution in [0.25, 0.3) is 0 Å². The predicted octanol–water partition coefficient (Wildman–Crippen LogP) is 3.57. The van der Waals surface area contributed by atoms with Crippen molar-refractivity contribution in [3.05, 3.63) is 63.2 Å². The van der Waals surface area contributed by atoms with E-state index in [0.717, 1.165) is 40.8 Å². The summed E-state index contributed by atoms with van der Waals surface area (Å²) in [5, 5.41) is 5.99. The molecule has 1 fully saturated rings. The van der Waals surface area contributed by atoms with Crippen LogP contribution in [-0.4, -0.2) is 36.3 Å². The zero-order valence-electron chi connectivity index (χ0n) is 16.1. The minimum atomic E-state index is -0.00775. The van der Waals surface area contributed by atoms with E-state index in [9.17, 15) is 9.59 Å². The molecule has 0 bridgehead atoms. The van der Waals surface area contributed by atoms with Crippen LogP contribution in [-0.2, 0) is 16.1 Å². The van der Waals surface area contributed by atoms with Crippen molar-refractivity contribution >= 4 is 40.1 Å². The summed E-state index contributed by atoms with van der Waals surface area (Å²) < 4.78 is 1.14. The highest BCUT2D eigenvalue weighted by Crippen LogP contribution is 2.19. The first kappa shape index (κ1) is 20.8. The van der Waals surface area contributed by atoms with Crippen LogP contribution >= 0.6 is 22.6 Å². The highest BCUT2D eigenvalue weighted by atomic mass is 127. The van der Waals surface area contributed by atoms with Gasteiger partial charge in [0.05, 0.1) is 6.54 Å². The number of halogens is 1. The molecule has 28 heavy (non-hydrogen) atoms. The van der Waals surface area contributed by atoms with E-state index in [0.29, 0.717) is 13.1 Å². The van der Waals surface area contributed by atoms with E-state index in [1.165, 1.54) is 5.56 Å². The van der Waals surface area contributed by atoms with Gasteiger partial charge in [0.2, 0.25) is 11.8 Å². The Bertz CT molecular complexity index is 818. The zero-order valence-corrected chi connectivity index (χ0v) is 18.2. The van der Waals surface area contributed by atoms with Gasteiger partial charge in [-0.25, -0.2) is 0 Å².